The number of nitrogens with zero attached hydrogens (tertiary/aromatic N) is 2. The second kappa shape index (κ2) is 10.0. The van der Waals surface area contributed by atoms with E-state index in [2.05, 4.69) is 16.5 Å². The topological polar surface area (TPSA) is 65.4 Å². The molecule has 0 atom stereocenters. The molecule has 0 saturated heterocycles. The van der Waals surface area contributed by atoms with E-state index in [1.165, 1.54) is 13.2 Å². The molecule has 0 saturated carbocycles. The van der Waals surface area contributed by atoms with E-state index in [0.717, 1.165) is 16.3 Å². The van der Waals surface area contributed by atoms with Crippen LogP contribution in [-0.2, 0) is 24.4 Å². The maximum absolute atomic E-state index is 14.4. The number of carbonyl (C=O) groups excluding carboxylic acids is 1. The molecule has 6 nitrogen and oxygen atoms in total. The number of fused-ring (bicyclic) bond motifs is 1. The number of nitrogens with one attached hydrogen (secondary N) is 1. The molecule has 0 aliphatic carbocycles. The van der Waals surface area contributed by atoms with Crippen LogP contribution in [-0.4, -0.2) is 29.9 Å². The maximum atomic E-state index is 14.4. The van der Waals surface area contributed by atoms with Gasteiger partial charge in [-0.1, -0.05) is 41.9 Å². The molecule has 1 amide bonds. The lowest BCUT2D eigenvalue weighted by Crippen LogP contribution is -2.24. The molecule has 1 N–H and O–H groups in total. The third-order valence-electron chi connectivity index (χ3n) is 5.28. The Hall–Kier alpha value is -3.42. The van der Waals surface area contributed by atoms with E-state index >= 15 is 0 Å². The molecular formula is C25H23ClFN3O3. The Kier molecular flexibility index (Phi) is 6.91. The van der Waals surface area contributed by atoms with E-state index in [1.54, 1.807) is 30.1 Å². The molecule has 1 heterocycles. The predicted octanol–water partition coefficient (Wildman–Crippen LogP) is 4.96. The van der Waals surface area contributed by atoms with Gasteiger partial charge < -0.3 is 14.8 Å². The largest absolute Gasteiger partial charge is 0.494 e. The van der Waals surface area contributed by atoms with Crippen LogP contribution in [0.3, 0.4) is 0 Å². The molecular weight excluding hydrogens is 445 g/mol. The van der Waals surface area contributed by atoms with Crippen LogP contribution in [0.25, 0.3) is 10.8 Å². The molecule has 0 aliphatic heterocycles. The highest BCUT2D eigenvalue weighted by Crippen LogP contribution is 2.22. The Morgan fingerprint density at radius 1 is 1.12 bits per heavy atom. The van der Waals surface area contributed by atoms with Gasteiger partial charge in [-0.3, -0.25) is 9.48 Å². The minimum Gasteiger partial charge on any atom is -0.494 e. The molecule has 4 rings (SSSR count). The molecule has 33 heavy (non-hydrogen) atoms. The second-order valence-electron chi connectivity index (χ2n) is 7.56. The number of hydrogen-bond acceptors (Lipinski definition) is 4. The van der Waals surface area contributed by atoms with Gasteiger partial charge in [0.25, 0.3) is 5.91 Å². The lowest BCUT2D eigenvalue weighted by Gasteiger charge is -2.09. The zero-order valence-corrected chi connectivity index (χ0v) is 19.0. The Bertz CT molecular complexity index is 1310. The molecule has 0 fully saturated rings. The van der Waals surface area contributed by atoms with E-state index in [9.17, 15) is 9.18 Å². The minimum atomic E-state index is -0.495. The number of halogens is 2. The van der Waals surface area contributed by atoms with Crippen LogP contribution in [0.4, 0.5) is 4.39 Å². The lowest BCUT2D eigenvalue weighted by molar-refractivity contribution is 0.0945. The van der Waals surface area contributed by atoms with Crippen LogP contribution < -0.4 is 10.1 Å². The van der Waals surface area contributed by atoms with Gasteiger partial charge in [0.1, 0.15) is 5.69 Å². The first kappa shape index (κ1) is 22.8. The monoisotopic (exact) mass is 467 g/mol. The zero-order chi connectivity index (χ0) is 23.4. The van der Waals surface area contributed by atoms with Gasteiger partial charge in [-0.25, -0.2) is 4.39 Å². The Morgan fingerprint density at radius 2 is 1.91 bits per heavy atom. The SMILES string of the molecule is COCc1nn(Cc2ccc3cc(Cl)ccc3c2)cc1C(=O)NCc1cccc(OC)c1F. The van der Waals surface area contributed by atoms with Crippen molar-refractivity contribution in [2.75, 3.05) is 14.2 Å². The van der Waals surface area contributed by atoms with Crippen molar-refractivity contribution in [3.8, 4) is 5.75 Å². The van der Waals surface area contributed by atoms with Crippen molar-refractivity contribution < 1.29 is 18.7 Å². The molecule has 3 aromatic carbocycles. The smallest absolute Gasteiger partial charge is 0.255 e. The molecule has 0 radical (unpaired) electrons. The predicted molar refractivity (Wildman–Crippen MR) is 125 cm³/mol. The summed E-state index contributed by atoms with van der Waals surface area (Å²) in [4.78, 5) is 12.9. The van der Waals surface area contributed by atoms with Crippen molar-refractivity contribution in [3.63, 3.8) is 0 Å². The fraction of sp³-hybridized carbons (Fsp3) is 0.200. The highest BCUT2D eigenvalue weighted by Gasteiger charge is 2.18. The highest BCUT2D eigenvalue weighted by molar-refractivity contribution is 6.31. The van der Waals surface area contributed by atoms with Gasteiger partial charge in [-0.15, -0.1) is 0 Å². The molecule has 8 heteroatoms. The van der Waals surface area contributed by atoms with Crippen molar-refractivity contribution in [3.05, 3.63) is 94.0 Å². The second-order valence-corrected chi connectivity index (χ2v) is 8.00. The summed E-state index contributed by atoms with van der Waals surface area (Å²) in [5.41, 5.74) is 2.25. The summed E-state index contributed by atoms with van der Waals surface area (Å²) < 4.78 is 26.3. The van der Waals surface area contributed by atoms with Gasteiger partial charge in [-0.05, 0) is 40.6 Å². The molecule has 0 aliphatic rings. The first-order chi connectivity index (χ1) is 16.0. The maximum Gasteiger partial charge on any atom is 0.255 e. The normalized spacial score (nSPS) is 11.0. The summed E-state index contributed by atoms with van der Waals surface area (Å²) in [5.74, 6) is -0.721. The van der Waals surface area contributed by atoms with Gasteiger partial charge in [0, 0.05) is 30.4 Å². The molecule has 0 unspecified atom stereocenters. The quantitative estimate of drug-likeness (QED) is 0.397. The number of hydrogen-bond donors (Lipinski definition) is 1. The van der Waals surface area contributed by atoms with Crippen LogP contribution >= 0.6 is 11.6 Å². The Labute approximate surface area is 195 Å². The van der Waals surface area contributed by atoms with E-state index < -0.39 is 5.82 Å². The summed E-state index contributed by atoms with van der Waals surface area (Å²) in [5, 5.41) is 10.1. The Morgan fingerprint density at radius 3 is 2.70 bits per heavy atom. The van der Waals surface area contributed by atoms with Crippen LogP contribution in [0.5, 0.6) is 5.75 Å². The summed E-state index contributed by atoms with van der Waals surface area (Å²) in [6.07, 6.45) is 1.68. The third-order valence-corrected chi connectivity index (χ3v) is 5.51. The first-order valence-corrected chi connectivity index (χ1v) is 10.7. The number of amides is 1. The summed E-state index contributed by atoms with van der Waals surface area (Å²) in [7, 11) is 2.94. The van der Waals surface area contributed by atoms with Crippen molar-refractivity contribution in [2.45, 2.75) is 19.7 Å². The van der Waals surface area contributed by atoms with Crippen LogP contribution in [0.2, 0.25) is 5.02 Å². The number of methoxy groups -OCH3 is 2. The van der Waals surface area contributed by atoms with E-state index in [4.69, 9.17) is 21.1 Å². The number of carbonyl (C=O) groups is 1. The van der Waals surface area contributed by atoms with Gasteiger partial charge in [-0.2, -0.15) is 5.10 Å². The highest BCUT2D eigenvalue weighted by atomic mass is 35.5. The summed E-state index contributed by atoms with van der Waals surface area (Å²) >= 11 is 6.07. The van der Waals surface area contributed by atoms with Gasteiger partial charge in [0.05, 0.1) is 25.8 Å². The lowest BCUT2D eigenvalue weighted by atomic mass is 10.1. The van der Waals surface area contributed by atoms with Crippen LogP contribution in [0.15, 0.2) is 60.8 Å². The van der Waals surface area contributed by atoms with Crippen molar-refractivity contribution in [1.82, 2.24) is 15.1 Å². The molecule has 4 aromatic rings. The minimum absolute atomic E-state index is 0.0205. The van der Waals surface area contributed by atoms with E-state index in [-0.39, 0.29) is 24.8 Å². The number of rotatable bonds is 8. The molecule has 1 aromatic heterocycles. The number of aromatic nitrogens is 2. The van der Waals surface area contributed by atoms with Crippen molar-refractivity contribution in [1.29, 1.82) is 0 Å². The molecule has 170 valence electrons. The average molecular weight is 468 g/mol. The molecule has 0 spiro atoms. The average Bonchev–Trinajstić information content (AvgIpc) is 3.20. The van der Waals surface area contributed by atoms with Gasteiger partial charge in [0.15, 0.2) is 11.6 Å². The zero-order valence-electron chi connectivity index (χ0n) is 18.3. The fourth-order valence-electron chi connectivity index (χ4n) is 3.65. The third kappa shape index (κ3) is 5.16. The van der Waals surface area contributed by atoms with Crippen LogP contribution in [0, 0.1) is 5.82 Å². The fourth-order valence-corrected chi connectivity index (χ4v) is 3.83. The first-order valence-electron chi connectivity index (χ1n) is 10.3. The van der Waals surface area contributed by atoms with E-state index in [0.29, 0.717) is 28.4 Å². The van der Waals surface area contributed by atoms with Crippen molar-refractivity contribution in [2.24, 2.45) is 0 Å². The van der Waals surface area contributed by atoms with E-state index in [1.807, 2.05) is 30.3 Å². The number of benzene rings is 3. The number of ether oxygens (including phenoxy) is 2. The summed E-state index contributed by atoms with van der Waals surface area (Å²) in [6, 6.07) is 16.6. The Balaban J connectivity index is 1.52. The van der Waals surface area contributed by atoms with Crippen LogP contribution in [0.1, 0.15) is 27.2 Å². The summed E-state index contributed by atoms with van der Waals surface area (Å²) in [6.45, 7) is 0.680. The molecule has 0 bridgehead atoms. The standard InChI is InChI=1S/C25H23ClFN3O3/c1-32-15-22-21(25(31)28-12-19-4-3-5-23(33-2)24(19)27)14-30(29-22)13-16-6-7-18-11-20(26)9-8-17(18)10-16/h3-11,14H,12-13,15H2,1-2H3,(H,28,31). The van der Waals surface area contributed by atoms with Crippen molar-refractivity contribution >= 4 is 28.3 Å². The van der Waals surface area contributed by atoms with Gasteiger partial charge >= 0.3 is 0 Å². The van der Waals surface area contributed by atoms with Gasteiger partial charge in [0.2, 0.25) is 0 Å².